The Balaban J connectivity index is 1.72. The van der Waals surface area contributed by atoms with E-state index in [1.54, 1.807) is 19.1 Å². The highest BCUT2D eigenvalue weighted by atomic mass is 79.9. The number of fused-ring (bicyclic) bond motifs is 1. The average Bonchev–Trinajstić information content (AvgIpc) is 3.28. The van der Waals surface area contributed by atoms with Gasteiger partial charge in [-0.15, -0.1) is 11.3 Å². The molecule has 0 saturated carbocycles. The lowest BCUT2D eigenvalue weighted by Crippen LogP contribution is -2.30. The molecule has 12 heteroatoms. The second-order valence-electron chi connectivity index (χ2n) is 6.97. The molecule has 0 fully saturated rings. The molecular weight excluding hydrogens is 604 g/mol. The molecule has 0 unspecified atom stereocenters. The highest BCUT2D eigenvalue weighted by molar-refractivity contribution is 9.11. The third kappa shape index (κ3) is 4.62. The smallest absolute Gasteiger partial charge is 0.283 e. The van der Waals surface area contributed by atoms with Crippen LogP contribution in [0.1, 0.15) is 27.4 Å². The highest BCUT2D eigenvalue weighted by Gasteiger charge is 2.23. The predicted octanol–water partition coefficient (Wildman–Crippen LogP) is 5.46. The zero-order valence-electron chi connectivity index (χ0n) is 16.7. The van der Waals surface area contributed by atoms with E-state index in [-0.39, 0.29) is 9.90 Å². The first-order valence-electron chi connectivity index (χ1n) is 9.16. The summed E-state index contributed by atoms with van der Waals surface area (Å²) in [4.78, 5) is 21.8. The van der Waals surface area contributed by atoms with Gasteiger partial charge in [0.2, 0.25) is 0 Å². The minimum atomic E-state index is -4.01. The summed E-state index contributed by atoms with van der Waals surface area (Å²) in [6.07, 6.45) is 0. The van der Waals surface area contributed by atoms with Crippen LogP contribution in [0.3, 0.4) is 0 Å². The van der Waals surface area contributed by atoms with E-state index in [0.29, 0.717) is 37.9 Å². The summed E-state index contributed by atoms with van der Waals surface area (Å²) in [7, 11) is -4.01. The molecule has 1 amide bonds. The minimum Gasteiger partial charge on any atom is -0.308 e. The Hall–Kier alpha value is -1.79. The van der Waals surface area contributed by atoms with E-state index in [0.717, 1.165) is 21.4 Å². The van der Waals surface area contributed by atoms with Gasteiger partial charge in [0.1, 0.15) is 21.2 Å². The molecule has 7 nitrogen and oxygen atoms in total. The standard InChI is InChI=1S/C20H15Br2ClN4O3S2/c1-10-7-15(20(28)26-32(29,30)17-6-5-16(22)31-17)25-19-18(10)24-11(2)27(19)9-12-3-4-13(21)8-14(12)23/h3-8H,9H2,1-2H3,(H,26,28). The molecule has 0 spiro atoms. The maximum atomic E-state index is 12.8. The van der Waals surface area contributed by atoms with E-state index in [9.17, 15) is 13.2 Å². The van der Waals surface area contributed by atoms with Crippen LogP contribution in [0.2, 0.25) is 5.02 Å². The lowest BCUT2D eigenvalue weighted by molar-refractivity contribution is 0.0977. The molecule has 4 aromatic rings. The molecule has 0 bridgehead atoms. The summed E-state index contributed by atoms with van der Waals surface area (Å²) < 4.78 is 30.6. The number of amides is 1. The molecule has 0 saturated heterocycles. The number of thiophene rings is 1. The first-order valence-corrected chi connectivity index (χ1v) is 13.4. The van der Waals surface area contributed by atoms with Gasteiger partial charge in [-0.25, -0.2) is 23.1 Å². The van der Waals surface area contributed by atoms with E-state index in [1.165, 1.54) is 12.1 Å². The van der Waals surface area contributed by atoms with Crippen molar-refractivity contribution in [3.63, 3.8) is 0 Å². The van der Waals surface area contributed by atoms with Crippen molar-refractivity contribution in [2.24, 2.45) is 0 Å². The number of hydrogen-bond acceptors (Lipinski definition) is 6. The molecule has 4 rings (SSSR count). The summed E-state index contributed by atoms with van der Waals surface area (Å²) >= 11 is 14.0. The normalized spacial score (nSPS) is 11.8. The molecule has 32 heavy (non-hydrogen) atoms. The first kappa shape index (κ1) is 23.4. The van der Waals surface area contributed by atoms with E-state index in [2.05, 4.69) is 46.5 Å². The molecule has 166 valence electrons. The van der Waals surface area contributed by atoms with E-state index >= 15 is 0 Å². The Labute approximate surface area is 210 Å². The zero-order valence-corrected chi connectivity index (χ0v) is 22.2. The van der Waals surface area contributed by atoms with Gasteiger partial charge < -0.3 is 4.57 Å². The zero-order chi connectivity index (χ0) is 23.2. The van der Waals surface area contributed by atoms with Gasteiger partial charge in [-0.05, 0) is 71.2 Å². The van der Waals surface area contributed by atoms with Crippen LogP contribution in [0.15, 0.2) is 48.9 Å². The van der Waals surface area contributed by atoms with Crippen molar-refractivity contribution >= 4 is 81.9 Å². The number of carbonyl (C=O) groups is 1. The number of rotatable bonds is 5. The van der Waals surface area contributed by atoms with Crippen LogP contribution >= 0.6 is 54.8 Å². The fraction of sp³-hybridized carbons (Fsp3) is 0.150. The quantitative estimate of drug-likeness (QED) is 0.321. The van der Waals surface area contributed by atoms with E-state index in [4.69, 9.17) is 11.6 Å². The van der Waals surface area contributed by atoms with Gasteiger partial charge in [0.05, 0.1) is 10.3 Å². The summed E-state index contributed by atoms with van der Waals surface area (Å²) in [5.41, 5.74) is 2.66. The number of nitrogens with zero attached hydrogens (tertiary/aromatic N) is 3. The lowest BCUT2D eigenvalue weighted by Gasteiger charge is -2.10. The van der Waals surface area contributed by atoms with Crippen molar-refractivity contribution in [1.82, 2.24) is 19.3 Å². The number of aromatic nitrogens is 3. The Bertz CT molecular complexity index is 1480. The van der Waals surface area contributed by atoms with Gasteiger partial charge in [0, 0.05) is 9.50 Å². The summed E-state index contributed by atoms with van der Waals surface area (Å²) in [5.74, 6) is -0.116. The Morgan fingerprint density at radius 2 is 1.91 bits per heavy atom. The average molecular weight is 619 g/mol. The SMILES string of the molecule is Cc1cc(C(=O)NS(=O)(=O)c2ccc(Br)s2)nc2c1nc(C)n2Cc1ccc(Br)cc1Cl. The third-order valence-electron chi connectivity index (χ3n) is 4.70. The third-order valence-corrected chi connectivity index (χ3v) is 8.99. The van der Waals surface area contributed by atoms with Crippen molar-refractivity contribution in [2.45, 2.75) is 24.6 Å². The second-order valence-corrected chi connectivity index (χ2v) is 12.7. The molecular formula is C20H15Br2ClN4O3S2. The predicted molar refractivity (Wildman–Crippen MR) is 132 cm³/mol. The molecule has 0 aliphatic heterocycles. The van der Waals surface area contributed by atoms with Gasteiger partial charge in [-0.1, -0.05) is 33.6 Å². The van der Waals surface area contributed by atoms with E-state index in [1.807, 2.05) is 23.6 Å². The number of imidazole rings is 1. The fourth-order valence-electron chi connectivity index (χ4n) is 3.14. The number of hydrogen-bond donors (Lipinski definition) is 1. The Kier molecular flexibility index (Phi) is 6.47. The van der Waals surface area contributed by atoms with Crippen LogP contribution in [0.5, 0.6) is 0 Å². The summed E-state index contributed by atoms with van der Waals surface area (Å²) in [5, 5.41) is 0.583. The molecule has 0 radical (unpaired) electrons. The number of sulfonamides is 1. The summed E-state index contributed by atoms with van der Waals surface area (Å²) in [6.45, 7) is 4.04. The van der Waals surface area contributed by atoms with Crippen molar-refractivity contribution in [2.75, 3.05) is 0 Å². The van der Waals surface area contributed by atoms with Crippen LogP contribution in [0.4, 0.5) is 0 Å². The van der Waals surface area contributed by atoms with Crippen LogP contribution in [-0.2, 0) is 16.6 Å². The van der Waals surface area contributed by atoms with Gasteiger partial charge in [0.25, 0.3) is 15.9 Å². The van der Waals surface area contributed by atoms with Crippen molar-refractivity contribution in [3.05, 3.63) is 72.3 Å². The molecule has 3 aromatic heterocycles. The van der Waals surface area contributed by atoms with Crippen molar-refractivity contribution < 1.29 is 13.2 Å². The van der Waals surface area contributed by atoms with Gasteiger partial charge in [-0.3, -0.25) is 4.79 Å². The van der Waals surface area contributed by atoms with Crippen LogP contribution in [0.25, 0.3) is 11.2 Å². The number of benzene rings is 1. The van der Waals surface area contributed by atoms with Crippen LogP contribution < -0.4 is 4.72 Å². The molecule has 3 heterocycles. The number of nitrogens with one attached hydrogen (secondary N) is 1. The Morgan fingerprint density at radius 1 is 1.16 bits per heavy atom. The monoisotopic (exact) mass is 616 g/mol. The van der Waals surface area contributed by atoms with E-state index < -0.39 is 15.9 Å². The number of carbonyl (C=O) groups excluding carboxylic acids is 1. The maximum absolute atomic E-state index is 12.8. The van der Waals surface area contributed by atoms with Crippen LogP contribution in [0, 0.1) is 13.8 Å². The fourth-order valence-corrected chi connectivity index (χ4v) is 6.85. The maximum Gasteiger partial charge on any atom is 0.283 e. The highest BCUT2D eigenvalue weighted by Crippen LogP contribution is 2.27. The second kappa shape index (κ2) is 8.86. The van der Waals surface area contributed by atoms with Gasteiger partial charge in [0.15, 0.2) is 5.65 Å². The molecule has 1 N–H and O–H groups in total. The number of pyridine rings is 1. The summed E-state index contributed by atoms with van der Waals surface area (Å²) in [6, 6.07) is 10.1. The van der Waals surface area contributed by atoms with Gasteiger partial charge >= 0.3 is 0 Å². The largest absolute Gasteiger partial charge is 0.308 e. The number of aryl methyl sites for hydroxylation is 2. The number of halogens is 3. The minimum absolute atomic E-state index is 0.0164. The molecule has 0 atom stereocenters. The Morgan fingerprint density at radius 3 is 2.56 bits per heavy atom. The van der Waals surface area contributed by atoms with Crippen molar-refractivity contribution in [1.29, 1.82) is 0 Å². The lowest BCUT2D eigenvalue weighted by atomic mass is 10.2. The van der Waals surface area contributed by atoms with Crippen LogP contribution in [-0.4, -0.2) is 28.9 Å². The topological polar surface area (TPSA) is 93.9 Å². The van der Waals surface area contributed by atoms with Gasteiger partial charge in [-0.2, -0.15) is 0 Å². The van der Waals surface area contributed by atoms with Crippen molar-refractivity contribution in [3.8, 4) is 0 Å². The molecule has 0 aliphatic carbocycles. The molecule has 0 aliphatic rings. The first-order chi connectivity index (χ1) is 15.0. The molecule has 1 aromatic carbocycles.